The van der Waals surface area contributed by atoms with E-state index in [9.17, 15) is 0 Å². The normalized spacial score (nSPS) is 22.9. The number of nitrogens with two attached hydrogens (primary N) is 1. The summed E-state index contributed by atoms with van der Waals surface area (Å²) in [6, 6.07) is 0. The Labute approximate surface area is 117 Å². The van der Waals surface area contributed by atoms with Crippen LogP contribution in [0.25, 0.3) is 0 Å². The lowest BCUT2D eigenvalue weighted by molar-refractivity contribution is 0.194. The van der Waals surface area contributed by atoms with Crippen molar-refractivity contribution >= 4 is 5.82 Å². The van der Waals surface area contributed by atoms with Crippen molar-refractivity contribution in [2.24, 2.45) is 18.4 Å². The fraction of sp³-hybridized carbons (Fsp3) is 0.812. The number of rotatable bonds is 3. The minimum Gasteiger partial charge on any atom is -0.384 e. The van der Waals surface area contributed by atoms with Crippen molar-refractivity contribution in [1.29, 1.82) is 0 Å². The number of aromatic nitrogens is 2. The predicted octanol–water partition coefficient (Wildman–Crippen LogP) is 3.88. The minimum absolute atomic E-state index is 0.352. The molecule has 0 amide bonds. The Morgan fingerprint density at radius 1 is 1.37 bits per heavy atom. The van der Waals surface area contributed by atoms with Gasteiger partial charge in [0.1, 0.15) is 5.82 Å². The summed E-state index contributed by atoms with van der Waals surface area (Å²) in [5, 5.41) is 4.77. The van der Waals surface area contributed by atoms with Gasteiger partial charge in [0.05, 0.1) is 5.69 Å². The van der Waals surface area contributed by atoms with Gasteiger partial charge in [-0.15, -0.1) is 0 Å². The Balaban J connectivity index is 2.40. The van der Waals surface area contributed by atoms with Gasteiger partial charge in [-0.1, -0.05) is 40.5 Å². The van der Waals surface area contributed by atoms with E-state index in [0.717, 1.165) is 12.2 Å². The monoisotopic (exact) mass is 263 g/mol. The average Bonchev–Trinajstić information content (AvgIpc) is 2.56. The van der Waals surface area contributed by atoms with E-state index in [1.54, 1.807) is 0 Å². The molecule has 0 spiro atoms. The molecule has 108 valence electrons. The summed E-state index contributed by atoms with van der Waals surface area (Å²) in [7, 11) is 1.97. The standard InChI is InChI=1S/C16H29N3/c1-11(2)10-12-14(18-19(5)15(12)17)13-8-6-7-9-16(13,3)4/h11,13H,6-10,17H2,1-5H3. The van der Waals surface area contributed by atoms with Crippen LogP contribution in [0.4, 0.5) is 5.82 Å². The van der Waals surface area contributed by atoms with Gasteiger partial charge in [0.2, 0.25) is 0 Å². The van der Waals surface area contributed by atoms with Crippen molar-refractivity contribution in [3.63, 3.8) is 0 Å². The molecule has 0 aromatic carbocycles. The maximum absolute atomic E-state index is 6.25. The SMILES string of the molecule is CC(C)Cc1c(C2CCCCC2(C)C)nn(C)c1N. The Morgan fingerprint density at radius 2 is 2.05 bits per heavy atom. The fourth-order valence-electron chi connectivity index (χ4n) is 3.50. The molecule has 0 saturated heterocycles. The number of nitrogen functional groups attached to an aromatic ring is 1. The lowest BCUT2D eigenvalue weighted by Crippen LogP contribution is -2.27. The van der Waals surface area contributed by atoms with Crippen LogP contribution in [-0.2, 0) is 13.5 Å². The molecule has 1 aromatic heterocycles. The van der Waals surface area contributed by atoms with Crippen molar-refractivity contribution in [3.8, 4) is 0 Å². The molecule has 1 aromatic rings. The molecule has 1 saturated carbocycles. The van der Waals surface area contributed by atoms with Gasteiger partial charge in [0.25, 0.3) is 0 Å². The van der Waals surface area contributed by atoms with E-state index in [0.29, 0.717) is 17.3 Å². The van der Waals surface area contributed by atoms with Crippen LogP contribution in [0.2, 0.25) is 0 Å². The number of aryl methyl sites for hydroxylation is 1. The molecule has 1 aliphatic rings. The Morgan fingerprint density at radius 3 is 2.63 bits per heavy atom. The molecule has 1 atom stereocenters. The van der Waals surface area contributed by atoms with Crippen LogP contribution < -0.4 is 5.73 Å². The molecular weight excluding hydrogens is 234 g/mol. The largest absolute Gasteiger partial charge is 0.384 e. The van der Waals surface area contributed by atoms with Gasteiger partial charge in [-0.25, -0.2) is 0 Å². The highest BCUT2D eigenvalue weighted by Crippen LogP contribution is 2.47. The van der Waals surface area contributed by atoms with E-state index in [-0.39, 0.29) is 0 Å². The summed E-state index contributed by atoms with van der Waals surface area (Å²) >= 11 is 0. The van der Waals surface area contributed by atoms with Gasteiger partial charge in [-0.2, -0.15) is 5.10 Å². The zero-order valence-corrected chi connectivity index (χ0v) is 13.2. The van der Waals surface area contributed by atoms with E-state index in [2.05, 4.69) is 27.7 Å². The van der Waals surface area contributed by atoms with Crippen LogP contribution in [-0.4, -0.2) is 9.78 Å². The number of hydrogen-bond donors (Lipinski definition) is 1. The summed E-state index contributed by atoms with van der Waals surface area (Å²) < 4.78 is 1.87. The molecule has 19 heavy (non-hydrogen) atoms. The van der Waals surface area contributed by atoms with Crippen molar-refractivity contribution in [2.75, 3.05) is 5.73 Å². The second kappa shape index (κ2) is 5.18. The van der Waals surface area contributed by atoms with E-state index in [4.69, 9.17) is 10.8 Å². The molecule has 3 nitrogen and oxygen atoms in total. The fourth-order valence-corrected chi connectivity index (χ4v) is 3.50. The molecule has 3 heteroatoms. The van der Waals surface area contributed by atoms with Crippen LogP contribution in [0.5, 0.6) is 0 Å². The first-order valence-electron chi connectivity index (χ1n) is 7.64. The lowest BCUT2D eigenvalue weighted by Gasteiger charge is -2.38. The van der Waals surface area contributed by atoms with Crippen molar-refractivity contribution in [3.05, 3.63) is 11.3 Å². The molecule has 0 radical (unpaired) electrons. The van der Waals surface area contributed by atoms with E-state index < -0.39 is 0 Å². The van der Waals surface area contributed by atoms with Crippen LogP contribution in [0, 0.1) is 11.3 Å². The maximum atomic E-state index is 6.25. The summed E-state index contributed by atoms with van der Waals surface area (Å²) in [6.45, 7) is 9.28. The molecule has 1 fully saturated rings. The average molecular weight is 263 g/mol. The lowest BCUT2D eigenvalue weighted by atomic mass is 9.67. The molecule has 0 aliphatic heterocycles. The first kappa shape index (κ1) is 14.4. The molecule has 0 bridgehead atoms. The molecule has 1 aliphatic carbocycles. The van der Waals surface area contributed by atoms with Crippen LogP contribution in [0.1, 0.15) is 70.6 Å². The van der Waals surface area contributed by atoms with Gasteiger partial charge < -0.3 is 5.73 Å². The molecule has 2 rings (SSSR count). The third kappa shape index (κ3) is 2.80. The highest BCUT2D eigenvalue weighted by Gasteiger charge is 2.37. The summed E-state index contributed by atoms with van der Waals surface area (Å²) in [6.07, 6.45) is 6.28. The highest BCUT2D eigenvalue weighted by atomic mass is 15.3. The van der Waals surface area contributed by atoms with Gasteiger partial charge in [-0.05, 0) is 30.6 Å². The van der Waals surface area contributed by atoms with E-state index >= 15 is 0 Å². The van der Waals surface area contributed by atoms with Crippen LogP contribution in [0.3, 0.4) is 0 Å². The van der Waals surface area contributed by atoms with Crippen LogP contribution >= 0.6 is 0 Å². The smallest absolute Gasteiger partial charge is 0.124 e. The molecular formula is C16H29N3. The quantitative estimate of drug-likeness (QED) is 0.899. The summed E-state index contributed by atoms with van der Waals surface area (Å²) in [5.41, 5.74) is 9.18. The highest BCUT2D eigenvalue weighted by molar-refractivity contribution is 5.45. The van der Waals surface area contributed by atoms with E-state index in [1.807, 2.05) is 11.7 Å². The predicted molar refractivity (Wildman–Crippen MR) is 81.2 cm³/mol. The number of anilines is 1. The Kier molecular flexibility index (Phi) is 3.93. The summed E-state index contributed by atoms with van der Waals surface area (Å²) in [4.78, 5) is 0. The Hall–Kier alpha value is -0.990. The van der Waals surface area contributed by atoms with Gasteiger partial charge in [-0.3, -0.25) is 4.68 Å². The number of nitrogens with zero attached hydrogens (tertiary/aromatic N) is 2. The topological polar surface area (TPSA) is 43.8 Å². The minimum atomic E-state index is 0.352. The van der Waals surface area contributed by atoms with Gasteiger partial charge in [0.15, 0.2) is 0 Å². The van der Waals surface area contributed by atoms with Crippen molar-refractivity contribution < 1.29 is 0 Å². The number of hydrogen-bond acceptors (Lipinski definition) is 2. The maximum Gasteiger partial charge on any atom is 0.124 e. The summed E-state index contributed by atoms with van der Waals surface area (Å²) in [5.74, 6) is 2.06. The second-order valence-electron chi connectivity index (χ2n) is 7.26. The third-order valence-electron chi connectivity index (χ3n) is 4.67. The van der Waals surface area contributed by atoms with Gasteiger partial charge >= 0.3 is 0 Å². The second-order valence-corrected chi connectivity index (χ2v) is 7.26. The van der Waals surface area contributed by atoms with Crippen molar-refractivity contribution in [2.45, 2.75) is 65.7 Å². The molecule has 1 unspecified atom stereocenters. The van der Waals surface area contributed by atoms with Crippen molar-refractivity contribution in [1.82, 2.24) is 9.78 Å². The Bertz CT molecular complexity index is 443. The first-order chi connectivity index (χ1) is 8.83. The third-order valence-corrected chi connectivity index (χ3v) is 4.67. The zero-order chi connectivity index (χ0) is 14.2. The van der Waals surface area contributed by atoms with Crippen LogP contribution in [0.15, 0.2) is 0 Å². The zero-order valence-electron chi connectivity index (χ0n) is 13.2. The van der Waals surface area contributed by atoms with E-state index in [1.165, 1.54) is 36.9 Å². The molecule has 1 heterocycles. The molecule has 2 N–H and O–H groups in total. The van der Waals surface area contributed by atoms with Gasteiger partial charge in [0, 0.05) is 18.5 Å². The first-order valence-corrected chi connectivity index (χ1v) is 7.64.